The van der Waals surface area contributed by atoms with Crippen LogP contribution in [-0.2, 0) is 34.6 Å². The van der Waals surface area contributed by atoms with Crippen LogP contribution in [0.1, 0.15) is 122 Å². The lowest BCUT2D eigenvalue weighted by Gasteiger charge is -2.24. The summed E-state index contributed by atoms with van der Waals surface area (Å²) in [6, 6.07) is 12.9. The van der Waals surface area contributed by atoms with E-state index in [0.29, 0.717) is 12.8 Å². The number of ether oxygens (including phenoxy) is 2. The molecule has 0 fully saturated rings. The number of esters is 2. The van der Waals surface area contributed by atoms with E-state index in [1.807, 2.05) is 30.3 Å². The molecule has 0 aliphatic carbocycles. The highest BCUT2D eigenvalue weighted by Crippen LogP contribution is 2.45. The quantitative estimate of drug-likeness (QED) is 0.0286. The summed E-state index contributed by atoms with van der Waals surface area (Å²) in [4.78, 5) is 36.5. The highest BCUT2D eigenvalue weighted by Gasteiger charge is 2.35. The molecule has 2 rings (SSSR count). The van der Waals surface area contributed by atoms with Gasteiger partial charge in [-0.25, -0.2) is 9.36 Å². The molecule has 0 saturated carbocycles. The Labute approximate surface area is 292 Å². The van der Waals surface area contributed by atoms with Crippen LogP contribution in [0, 0.1) is 10.1 Å². The Morgan fingerprint density at radius 3 is 1.78 bits per heavy atom. The normalized spacial score (nSPS) is 12.9. The molecule has 12 heteroatoms. The number of carbonyl (C=O) groups excluding carboxylic acids is 2. The van der Waals surface area contributed by atoms with Crippen molar-refractivity contribution in [2.24, 2.45) is 0 Å². The van der Waals surface area contributed by atoms with Crippen LogP contribution in [-0.4, -0.2) is 42.7 Å². The second-order valence-corrected chi connectivity index (χ2v) is 14.0. The maximum absolute atomic E-state index is 14.2. The first-order valence-corrected chi connectivity index (χ1v) is 19.6. The Hall–Kier alpha value is -3.27. The van der Waals surface area contributed by atoms with Crippen LogP contribution in [0.25, 0.3) is 0 Å². The van der Waals surface area contributed by atoms with Crippen LogP contribution in [0.5, 0.6) is 5.75 Å². The lowest BCUT2D eigenvalue weighted by atomic mass is 10.1. The molecule has 2 aromatic carbocycles. The Kier molecular flexibility index (Phi) is 21.9. The summed E-state index contributed by atoms with van der Waals surface area (Å²) in [6.07, 6.45) is 17.6. The monoisotopic (exact) mass is 704 g/mol. The summed E-state index contributed by atoms with van der Waals surface area (Å²) in [6.45, 7) is 4.10. The number of non-ortho nitro benzene ring substituents is 1. The third-order valence-corrected chi connectivity index (χ3v) is 9.56. The van der Waals surface area contributed by atoms with Gasteiger partial charge in [0.25, 0.3) is 5.69 Å². The fourth-order valence-corrected chi connectivity index (χ4v) is 6.62. The van der Waals surface area contributed by atoms with Crippen LogP contribution in [0.15, 0.2) is 54.6 Å². The third kappa shape index (κ3) is 19.5. The maximum Gasteiger partial charge on any atom is 0.460 e. The Balaban J connectivity index is 2.04. The molecule has 0 amide bonds. The van der Waals surface area contributed by atoms with Gasteiger partial charge in [0.05, 0.1) is 18.1 Å². The van der Waals surface area contributed by atoms with Gasteiger partial charge in [0.2, 0.25) is 0 Å². The number of rotatable bonds is 29. The van der Waals surface area contributed by atoms with Gasteiger partial charge in [-0.1, -0.05) is 134 Å². The number of nitrogens with one attached hydrogen (secondary N) is 1. The molecule has 1 unspecified atom stereocenters. The minimum absolute atomic E-state index is 0.0143. The van der Waals surface area contributed by atoms with E-state index in [0.717, 1.165) is 44.1 Å². The van der Waals surface area contributed by atoms with Crippen molar-refractivity contribution in [2.45, 2.75) is 129 Å². The zero-order valence-electron chi connectivity index (χ0n) is 29.5. The molecule has 0 aliphatic heterocycles. The molecular formula is C37H57N2O9P. The van der Waals surface area contributed by atoms with Crippen molar-refractivity contribution in [3.05, 3.63) is 70.3 Å². The summed E-state index contributed by atoms with van der Waals surface area (Å²) < 4.78 is 36.3. The smallest absolute Gasteiger partial charge is 0.460 e. The van der Waals surface area contributed by atoms with E-state index >= 15 is 0 Å². The Morgan fingerprint density at radius 1 is 0.735 bits per heavy atom. The summed E-state index contributed by atoms with van der Waals surface area (Å²) in [5.41, 5.74) is 0.586. The predicted molar refractivity (Wildman–Crippen MR) is 191 cm³/mol. The Bertz CT molecular complexity index is 1240. The van der Waals surface area contributed by atoms with Crippen molar-refractivity contribution in [3.63, 3.8) is 0 Å². The van der Waals surface area contributed by atoms with Crippen molar-refractivity contribution in [2.75, 3.05) is 19.8 Å². The molecule has 0 aliphatic rings. The SMILES string of the molecule is CCCCCCCCCCOC(=O)COP(=O)(N[C@@H](Cc1ccccc1)C(=O)OCCCCCCCCCC)Oc1ccc([N+](=O)[O-])cc1. The molecule has 0 spiro atoms. The van der Waals surface area contributed by atoms with Gasteiger partial charge in [0.15, 0.2) is 6.61 Å². The van der Waals surface area contributed by atoms with Crippen LogP contribution in [0.4, 0.5) is 5.69 Å². The van der Waals surface area contributed by atoms with Gasteiger partial charge in [-0.2, -0.15) is 5.09 Å². The fourth-order valence-electron chi connectivity index (χ4n) is 5.19. The van der Waals surface area contributed by atoms with Crippen LogP contribution < -0.4 is 9.61 Å². The second-order valence-electron chi connectivity index (χ2n) is 12.3. The average molecular weight is 705 g/mol. The maximum atomic E-state index is 14.2. The van der Waals surface area contributed by atoms with E-state index in [2.05, 4.69) is 18.9 Å². The minimum Gasteiger partial charge on any atom is -0.465 e. The standard InChI is InChI=1S/C37H57N2O9P/c1-3-5-7-9-11-13-15-20-28-45-36(40)31-47-49(44,48-34-26-24-33(25-27-34)39(42)43)38-35(30-32-22-18-17-19-23-32)37(41)46-29-21-16-14-12-10-8-6-4-2/h17-19,22-27,35H,3-16,20-21,28-31H2,1-2H3,(H,38,44)/t35-,49?/m0/s1. The van der Waals surface area contributed by atoms with Gasteiger partial charge in [-0.3, -0.25) is 19.4 Å². The second kappa shape index (κ2) is 25.7. The molecule has 49 heavy (non-hydrogen) atoms. The molecule has 0 aromatic heterocycles. The van der Waals surface area contributed by atoms with Gasteiger partial charge < -0.3 is 14.0 Å². The van der Waals surface area contributed by atoms with E-state index in [9.17, 15) is 24.3 Å². The molecule has 0 bridgehead atoms. The first-order valence-electron chi connectivity index (χ1n) is 18.1. The molecular weight excluding hydrogens is 647 g/mol. The van der Waals surface area contributed by atoms with Gasteiger partial charge in [0, 0.05) is 12.1 Å². The zero-order valence-corrected chi connectivity index (χ0v) is 30.4. The molecule has 0 radical (unpaired) electrons. The number of hydrogen-bond donors (Lipinski definition) is 1. The van der Waals surface area contributed by atoms with E-state index in [4.69, 9.17) is 18.5 Å². The number of nitro benzene ring substituents is 1. The van der Waals surface area contributed by atoms with Crippen LogP contribution >= 0.6 is 7.75 Å². The molecule has 0 saturated heterocycles. The first kappa shape index (κ1) is 41.9. The van der Waals surface area contributed by atoms with Crippen molar-refractivity contribution in [3.8, 4) is 5.75 Å². The van der Waals surface area contributed by atoms with Crippen LogP contribution in [0.2, 0.25) is 0 Å². The highest BCUT2D eigenvalue weighted by molar-refractivity contribution is 7.52. The zero-order chi connectivity index (χ0) is 35.6. The number of benzene rings is 2. The van der Waals surface area contributed by atoms with E-state index < -0.39 is 37.3 Å². The molecule has 11 nitrogen and oxygen atoms in total. The molecule has 2 atom stereocenters. The fraction of sp³-hybridized carbons (Fsp3) is 0.622. The van der Waals surface area contributed by atoms with Gasteiger partial charge >= 0.3 is 19.7 Å². The van der Waals surface area contributed by atoms with E-state index in [1.165, 1.54) is 75.6 Å². The summed E-state index contributed by atoms with van der Waals surface area (Å²) in [5.74, 6) is -1.38. The van der Waals surface area contributed by atoms with Crippen molar-refractivity contribution in [1.29, 1.82) is 0 Å². The molecule has 1 N–H and O–H groups in total. The topological polar surface area (TPSA) is 143 Å². The largest absolute Gasteiger partial charge is 0.465 e. The summed E-state index contributed by atoms with van der Waals surface area (Å²) in [7, 11) is -4.43. The van der Waals surface area contributed by atoms with E-state index in [-0.39, 0.29) is 31.1 Å². The third-order valence-electron chi connectivity index (χ3n) is 8.01. The summed E-state index contributed by atoms with van der Waals surface area (Å²) >= 11 is 0. The van der Waals surface area contributed by atoms with Crippen LogP contribution in [0.3, 0.4) is 0 Å². The average Bonchev–Trinajstić information content (AvgIpc) is 3.09. The van der Waals surface area contributed by atoms with Crippen molar-refractivity contribution < 1.29 is 37.6 Å². The highest BCUT2D eigenvalue weighted by atomic mass is 31.2. The van der Waals surface area contributed by atoms with Gasteiger partial charge in [-0.05, 0) is 37.0 Å². The van der Waals surface area contributed by atoms with Gasteiger partial charge in [-0.15, -0.1) is 0 Å². The number of carbonyl (C=O) groups is 2. The molecule has 274 valence electrons. The first-order chi connectivity index (χ1) is 23.8. The number of hydrogen-bond acceptors (Lipinski definition) is 9. The Morgan fingerprint density at radius 2 is 1.24 bits per heavy atom. The lowest BCUT2D eigenvalue weighted by Crippen LogP contribution is -2.40. The van der Waals surface area contributed by atoms with E-state index in [1.54, 1.807) is 0 Å². The summed E-state index contributed by atoms with van der Waals surface area (Å²) in [5, 5.41) is 13.8. The minimum atomic E-state index is -4.43. The molecule has 2 aromatic rings. The predicted octanol–water partition coefficient (Wildman–Crippen LogP) is 9.67. The van der Waals surface area contributed by atoms with Crippen molar-refractivity contribution in [1.82, 2.24) is 5.09 Å². The lowest BCUT2D eigenvalue weighted by molar-refractivity contribution is -0.384. The number of nitrogens with zero attached hydrogens (tertiary/aromatic N) is 1. The van der Waals surface area contributed by atoms with Gasteiger partial charge in [0.1, 0.15) is 11.8 Å². The number of unbranched alkanes of at least 4 members (excludes halogenated alkanes) is 14. The molecule has 0 heterocycles. The number of nitro groups is 1. The van der Waals surface area contributed by atoms with Crippen molar-refractivity contribution >= 4 is 25.4 Å².